The lowest BCUT2D eigenvalue weighted by Gasteiger charge is -2.34. The minimum absolute atomic E-state index is 0.519. The standard InChI is InChI=1S/C12H22N4O2S2/c1-11-10-19-12(14-11)16-8-6-15(7-9-16)5-3-4-13-20(2,17)18/h10,13H,3-9H2,1-2H3. The van der Waals surface area contributed by atoms with Crippen LogP contribution in [0.2, 0.25) is 0 Å². The van der Waals surface area contributed by atoms with Crippen LogP contribution in [0.5, 0.6) is 0 Å². The number of piperazine rings is 1. The summed E-state index contributed by atoms with van der Waals surface area (Å²) in [7, 11) is -3.05. The Kier molecular flexibility index (Phi) is 5.36. The van der Waals surface area contributed by atoms with Crippen LogP contribution >= 0.6 is 11.3 Å². The first-order valence-corrected chi connectivity index (χ1v) is 9.55. The molecular formula is C12H22N4O2S2. The first-order valence-electron chi connectivity index (χ1n) is 6.78. The summed E-state index contributed by atoms with van der Waals surface area (Å²) in [5.41, 5.74) is 1.08. The Morgan fingerprint density at radius 3 is 2.60 bits per heavy atom. The number of nitrogens with one attached hydrogen (secondary N) is 1. The Balaban J connectivity index is 1.67. The highest BCUT2D eigenvalue weighted by Crippen LogP contribution is 2.21. The van der Waals surface area contributed by atoms with Gasteiger partial charge >= 0.3 is 0 Å². The smallest absolute Gasteiger partial charge is 0.208 e. The van der Waals surface area contributed by atoms with Crippen LogP contribution < -0.4 is 9.62 Å². The van der Waals surface area contributed by atoms with Gasteiger partial charge in [-0.3, -0.25) is 4.90 Å². The summed E-state index contributed by atoms with van der Waals surface area (Å²) in [6.45, 7) is 7.48. The van der Waals surface area contributed by atoms with Gasteiger partial charge in [-0.15, -0.1) is 11.3 Å². The van der Waals surface area contributed by atoms with Crippen LogP contribution in [0.25, 0.3) is 0 Å². The highest BCUT2D eigenvalue weighted by Gasteiger charge is 2.18. The fourth-order valence-electron chi connectivity index (χ4n) is 2.21. The molecule has 6 nitrogen and oxygen atoms in total. The fourth-order valence-corrected chi connectivity index (χ4v) is 3.58. The molecule has 0 bridgehead atoms. The Labute approximate surface area is 124 Å². The molecule has 1 N–H and O–H groups in total. The molecule has 2 rings (SSSR count). The molecule has 1 aromatic rings. The molecular weight excluding hydrogens is 296 g/mol. The summed E-state index contributed by atoms with van der Waals surface area (Å²) in [6, 6.07) is 0. The molecule has 114 valence electrons. The van der Waals surface area contributed by atoms with E-state index >= 15 is 0 Å². The van der Waals surface area contributed by atoms with E-state index < -0.39 is 10.0 Å². The van der Waals surface area contributed by atoms with Crippen molar-refractivity contribution in [2.24, 2.45) is 0 Å². The number of aryl methyl sites for hydroxylation is 1. The van der Waals surface area contributed by atoms with Crippen molar-refractivity contribution in [3.05, 3.63) is 11.1 Å². The number of sulfonamides is 1. The first-order chi connectivity index (χ1) is 9.44. The second-order valence-electron chi connectivity index (χ2n) is 5.12. The van der Waals surface area contributed by atoms with Crippen molar-refractivity contribution in [3.63, 3.8) is 0 Å². The van der Waals surface area contributed by atoms with Crippen molar-refractivity contribution in [1.82, 2.24) is 14.6 Å². The molecule has 0 saturated carbocycles. The maximum atomic E-state index is 10.9. The maximum absolute atomic E-state index is 10.9. The van der Waals surface area contributed by atoms with Gasteiger partial charge < -0.3 is 4.90 Å². The number of hydrogen-bond acceptors (Lipinski definition) is 6. The van der Waals surface area contributed by atoms with E-state index in [2.05, 4.69) is 24.9 Å². The van der Waals surface area contributed by atoms with Gasteiger partial charge in [-0.1, -0.05) is 0 Å². The minimum atomic E-state index is -3.05. The number of nitrogens with zero attached hydrogens (tertiary/aromatic N) is 3. The number of anilines is 1. The second-order valence-corrected chi connectivity index (χ2v) is 7.79. The third-order valence-corrected chi connectivity index (χ3v) is 5.01. The van der Waals surface area contributed by atoms with Crippen molar-refractivity contribution in [2.75, 3.05) is 50.4 Å². The SMILES string of the molecule is Cc1csc(N2CCN(CCCNS(C)(=O)=O)CC2)n1. The molecule has 1 aliphatic heterocycles. The summed E-state index contributed by atoms with van der Waals surface area (Å²) < 4.78 is 24.4. The maximum Gasteiger partial charge on any atom is 0.208 e. The molecule has 1 aliphatic rings. The largest absolute Gasteiger partial charge is 0.346 e. The third-order valence-electron chi connectivity index (χ3n) is 3.27. The number of thiazole rings is 1. The van der Waals surface area contributed by atoms with Crippen LogP contribution in [0.15, 0.2) is 5.38 Å². The number of aromatic nitrogens is 1. The van der Waals surface area contributed by atoms with E-state index in [0.717, 1.165) is 50.0 Å². The Hall–Kier alpha value is -0.700. The van der Waals surface area contributed by atoms with Crippen LogP contribution in [0.1, 0.15) is 12.1 Å². The van der Waals surface area contributed by atoms with Crippen molar-refractivity contribution in [3.8, 4) is 0 Å². The van der Waals surface area contributed by atoms with Gasteiger partial charge in [0.15, 0.2) is 5.13 Å². The molecule has 2 heterocycles. The topological polar surface area (TPSA) is 65.5 Å². The molecule has 1 fully saturated rings. The summed E-state index contributed by atoms with van der Waals surface area (Å²) in [5.74, 6) is 0. The first kappa shape index (κ1) is 15.7. The van der Waals surface area contributed by atoms with Gasteiger partial charge in [-0.2, -0.15) is 0 Å². The zero-order chi connectivity index (χ0) is 14.6. The Morgan fingerprint density at radius 1 is 1.35 bits per heavy atom. The number of rotatable bonds is 6. The van der Waals surface area contributed by atoms with Crippen LogP contribution in [-0.4, -0.2) is 63.8 Å². The third kappa shape index (κ3) is 5.01. The molecule has 8 heteroatoms. The molecule has 0 aromatic carbocycles. The number of hydrogen-bond donors (Lipinski definition) is 1. The van der Waals surface area contributed by atoms with E-state index in [4.69, 9.17) is 0 Å². The summed E-state index contributed by atoms with van der Waals surface area (Å²) in [5, 5.41) is 3.19. The van der Waals surface area contributed by atoms with Gasteiger partial charge in [0.2, 0.25) is 10.0 Å². The predicted molar refractivity (Wildman–Crippen MR) is 83.0 cm³/mol. The van der Waals surface area contributed by atoms with Crippen molar-refractivity contribution in [2.45, 2.75) is 13.3 Å². The average molecular weight is 318 g/mol. The van der Waals surface area contributed by atoms with E-state index in [-0.39, 0.29) is 0 Å². The van der Waals surface area contributed by atoms with Gasteiger partial charge in [0.25, 0.3) is 0 Å². The molecule has 0 atom stereocenters. The molecule has 0 unspecified atom stereocenters. The van der Waals surface area contributed by atoms with Crippen LogP contribution in [0, 0.1) is 6.92 Å². The monoisotopic (exact) mass is 318 g/mol. The lowest BCUT2D eigenvalue weighted by atomic mass is 10.3. The molecule has 0 aliphatic carbocycles. The van der Waals surface area contributed by atoms with Crippen LogP contribution in [0.3, 0.4) is 0 Å². The van der Waals surface area contributed by atoms with Gasteiger partial charge in [-0.25, -0.2) is 18.1 Å². The van der Waals surface area contributed by atoms with E-state index in [1.165, 1.54) is 6.26 Å². The van der Waals surface area contributed by atoms with Crippen LogP contribution in [-0.2, 0) is 10.0 Å². The Bertz CT molecular complexity index is 521. The van der Waals surface area contributed by atoms with E-state index in [1.54, 1.807) is 11.3 Å². The lowest BCUT2D eigenvalue weighted by molar-refractivity contribution is 0.255. The second kappa shape index (κ2) is 6.84. The molecule has 1 saturated heterocycles. The van der Waals surface area contributed by atoms with Gasteiger partial charge in [-0.05, 0) is 19.9 Å². The molecule has 1 aromatic heterocycles. The molecule has 20 heavy (non-hydrogen) atoms. The van der Waals surface area contributed by atoms with E-state index in [9.17, 15) is 8.42 Å². The van der Waals surface area contributed by atoms with Gasteiger partial charge in [0.1, 0.15) is 0 Å². The summed E-state index contributed by atoms with van der Waals surface area (Å²) in [4.78, 5) is 9.21. The summed E-state index contributed by atoms with van der Waals surface area (Å²) in [6.07, 6.45) is 2.05. The molecule has 0 spiro atoms. The highest BCUT2D eigenvalue weighted by molar-refractivity contribution is 7.88. The molecule has 0 amide bonds. The minimum Gasteiger partial charge on any atom is -0.346 e. The van der Waals surface area contributed by atoms with Gasteiger partial charge in [0, 0.05) is 38.1 Å². The van der Waals surface area contributed by atoms with Gasteiger partial charge in [0.05, 0.1) is 11.9 Å². The van der Waals surface area contributed by atoms with Crippen molar-refractivity contribution < 1.29 is 8.42 Å². The lowest BCUT2D eigenvalue weighted by Crippen LogP contribution is -2.47. The van der Waals surface area contributed by atoms with E-state index in [1.807, 2.05) is 6.92 Å². The fraction of sp³-hybridized carbons (Fsp3) is 0.750. The Morgan fingerprint density at radius 2 is 2.05 bits per heavy atom. The average Bonchev–Trinajstić information content (AvgIpc) is 2.81. The quantitative estimate of drug-likeness (QED) is 0.774. The highest BCUT2D eigenvalue weighted by atomic mass is 32.2. The zero-order valence-electron chi connectivity index (χ0n) is 12.0. The van der Waals surface area contributed by atoms with Crippen molar-refractivity contribution >= 4 is 26.5 Å². The van der Waals surface area contributed by atoms with E-state index in [0.29, 0.717) is 6.54 Å². The normalized spacial score (nSPS) is 17.6. The van der Waals surface area contributed by atoms with Crippen molar-refractivity contribution in [1.29, 1.82) is 0 Å². The summed E-state index contributed by atoms with van der Waals surface area (Å²) >= 11 is 1.70. The van der Waals surface area contributed by atoms with Crippen LogP contribution in [0.4, 0.5) is 5.13 Å². The zero-order valence-corrected chi connectivity index (χ0v) is 13.6. The molecule has 0 radical (unpaired) electrons. The predicted octanol–water partition coefficient (Wildman–Crippen LogP) is 0.513.